The smallest absolute Gasteiger partial charge is 0.255 e. The van der Waals surface area contributed by atoms with Crippen LogP contribution < -0.4 is 0 Å². The molecule has 0 aromatic carbocycles. The van der Waals surface area contributed by atoms with E-state index in [0.717, 1.165) is 5.82 Å². The quantitative estimate of drug-likeness (QED) is 0.902. The Hall–Kier alpha value is -1.88. The van der Waals surface area contributed by atoms with Crippen LogP contribution >= 0.6 is 11.6 Å². The van der Waals surface area contributed by atoms with Gasteiger partial charge in [-0.15, -0.1) is 0 Å². The first-order valence-corrected chi connectivity index (χ1v) is 5.39. The number of pyridine rings is 1. The molecule has 0 saturated heterocycles. The van der Waals surface area contributed by atoms with Gasteiger partial charge in [-0.25, -0.2) is 4.98 Å². The molecule has 0 aliphatic carbocycles. The molecule has 0 atom stereocenters. The maximum absolute atomic E-state index is 12.1. The molecule has 0 spiro atoms. The molecule has 0 radical (unpaired) electrons. The van der Waals surface area contributed by atoms with E-state index in [0.29, 0.717) is 17.1 Å². The third-order valence-corrected chi connectivity index (χ3v) is 2.59. The molecular formula is C11H11ClN4O. The van der Waals surface area contributed by atoms with Gasteiger partial charge in [-0.1, -0.05) is 11.6 Å². The molecule has 0 fully saturated rings. The molecule has 0 bridgehead atoms. The van der Waals surface area contributed by atoms with E-state index in [2.05, 4.69) is 15.0 Å². The van der Waals surface area contributed by atoms with Gasteiger partial charge in [0.05, 0.1) is 17.1 Å². The normalized spacial score (nSPS) is 10.2. The van der Waals surface area contributed by atoms with Crippen molar-refractivity contribution in [2.75, 3.05) is 7.05 Å². The zero-order valence-corrected chi connectivity index (χ0v) is 9.98. The number of halogens is 1. The van der Waals surface area contributed by atoms with Crippen LogP contribution in [-0.2, 0) is 6.54 Å². The number of nitrogens with zero attached hydrogens (tertiary/aromatic N) is 3. The Balaban J connectivity index is 2.13. The predicted molar refractivity (Wildman–Crippen MR) is 63.6 cm³/mol. The average Bonchev–Trinajstić information content (AvgIpc) is 2.81. The van der Waals surface area contributed by atoms with Crippen LogP contribution in [0.25, 0.3) is 0 Å². The van der Waals surface area contributed by atoms with Crippen LogP contribution in [0.1, 0.15) is 16.2 Å². The van der Waals surface area contributed by atoms with Crippen molar-refractivity contribution < 1.29 is 4.79 Å². The molecule has 1 N–H and O–H groups in total. The first-order chi connectivity index (χ1) is 8.18. The summed E-state index contributed by atoms with van der Waals surface area (Å²) in [5.74, 6) is 0.569. The van der Waals surface area contributed by atoms with E-state index in [1.54, 1.807) is 36.6 Å². The lowest BCUT2D eigenvalue weighted by atomic mass is 10.2. The third kappa shape index (κ3) is 2.62. The van der Waals surface area contributed by atoms with Crippen LogP contribution in [0.4, 0.5) is 0 Å². The van der Waals surface area contributed by atoms with Crippen LogP contribution in [0.5, 0.6) is 0 Å². The maximum Gasteiger partial charge on any atom is 0.255 e. The Kier molecular flexibility index (Phi) is 3.39. The van der Waals surface area contributed by atoms with Gasteiger partial charge in [-0.05, 0) is 6.07 Å². The minimum atomic E-state index is -0.159. The first kappa shape index (κ1) is 11.6. The molecule has 6 heteroatoms. The van der Waals surface area contributed by atoms with Gasteiger partial charge in [0.25, 0.3) is 5.91 Å². The highest BCUT2D eigenvalue weighted by molar-refractivity contribution is 6.33. The molecule has 1 amide bonds. The van der Waals surface area contributed by atoms with Gasteiger partial charge in [-0.3, -0.25) is 9.78 Å². The summed E-state index contributed by atoms with van der Waals surface area (Å²) in [6.45, 7) is 0.407. The molecule has 0 aliphatic heterocycles. The van der Waals surface area contributed by atoms with Gasteiger partial charge >= 0.3 is 0 Å². The van der Waals surface area contributed by atoms with E-state index in [4.69, 9.17) is 11.6 Å². The van der Waals surface area contributed by atoms with Crippen molar-refractivity contribution in [2.24, 2.45) is 0 Å². The van der Waals surface area contributed by atoms with Crippen molar-refractivity contribution in [1.29, 1.82) is 0 Å². The summed E-state index contributed by atoms with van der Waals surface area (Å²) in [5, 5.41) is 0.351. The van der Waals surface area contributed by atoms with Crippen LogP contribution in [0.15, 0.2) is 30.9 Å². The zero-order valence-electron chi connectivity index (χ0n) is 9.22. The van der Waals surface area contributed by atoms with Gasteiger partial charge in [0.2, 0.25) is 0 Å². The van der Waals surface area contributed by atoms with Crippen molar-refractivity contribution in [3.63, 3.8) is 0 Å². The van der Waals surface area contributed by atoms with Crippen molar-refractivity contribution in [2.45, 2.75) is 6.54 Å². The van der Waals surface area contributed by atoms with Crippen LogP contribution in [0.3, 0.4) is 0 Å². The minimum absolute atomic E-state index is 0.159. The number of rotatable bonds is 3. The van der Waals surface area contributed by atoms with E-state index < -0.39 is 0 Å². The summed E-state index contributed by atoms with van der Waals surface area (Å²) in [6.07, 6.45) is 6.36. The standard InChI is InChI=1S/C11H11ClN4O/c1-16(7-10-14-4-5-15-10)11(17)8-2-3-13-6-9(8)12/h2-6H,7H2,1H3,(H,14,15). The number of carbonyl (C=O) groups excluding carboxylic acids is 1. The molecule has 5 nitrogen and oxygen atoms in total. The number of H-pyrrole nitrogens is 1. The summed E-state index contributed by atoms with van der Waals surface area (Å²) in [4.78, 5) is 24.4. The highest BCUT2D eigenvalue weighted by atomic mass is 35.5. The Morgan fingerprint density at radius 3 is 3.00 bits per heavy atom. The molecule has 2 aromatic rings. The van der Waals surface area contributed by atoms with Gasteiger partial charge < -0.3 is 9.88 Å². The first-order valence-electron chi connectivity index (χ1n) is 5.01. The fourth-order valence-electron chi connectivity index (χ4n) is 1.44. The summed E-state index contributed by atoms with van der Waals surface area (Å²) >= 11 is 5.91. The predicted octanol–water partition coefficient (Wildman–Crippen LogP) is 1.73. The van der Waals surface area contributed by atoms with E-state index in [1.807, 2.05) is 0 Å². The van der Waals surface area contributed by atoms with Crippen LogP contribution in [0.2, 0.25) is 5.02 Å². The largest absolute Gasteiger partial charge is 0.347 e. The van der Waals surface area contributed by atoms with Gasteiger partial charge in [0.1, 0.15) is 5.82 Å². The van der Waals surface area contributed by atoms with Crippen LogP contribution in [0, 0.1) is 0 Å². The van der Waals surface area contributed by atoms with E-state index in [1.165, 1.54) is 6.20 Å². The fraction of sp³-hybridized carbons (Fsp3) is 0.182. The summed E-state index contributed by atoms with van der Waals surface area (Å²) in [5.41, 5.74) is 0.440. The molecule has 88 valence electrons. The van der Waals surface area contributed by atoms with Gasteiger partial charge in [0, 0.05) is 31.8 Å². The third-order valence-electron chi connectivity index (χ3n) is 2.29. The Morgan fingerprint density at radius 2 is 2.35 bits per heavy atom. The Morgan fingerprint density at radius 1 is 1.53 bits per heavy atom. The molecule has 2 aromatic heterocycles. The summed E-state index contributed by atoms with van der Waals surface area (Å²) in [7, 11) is 1.70. The molecule has 2 heterocycles. The number of carbonyl (C=O) groups is 1. The number of nitrogens with one attached hydrogen (secondary N) is 1. The van der Waals surface area contributed by atoms with Crippen molar-refractivity contribution in [1.82, 2.24) is 19.9 Å². The maximum atomic E-state index is 12.1. The summed E-state index contributed by atoms with van der Waals surface area (Å²) in [6, 6.07) is 1.60. The van der Waals surface area contributed by atoms with E-state index >= 15 is 0 Å². The number of aromatic nitrogens is 3. The second-order valence-electron chi connectivity index (χ2n) is 3.55. The van der Waals surface area contributed by atoms with Crippen LogP contribution in [-0.4, -0.2) is 32.8 Å². The van der Waals surface area contributed by atoms with Crippen molar-refractivity contribution in [3.05, 3.63) is 47.3 Å². The number of hydrogen-bond acceptors (Lipinski definition) is 3. The summed E-state index contributed by atoms with van der Waals surface area (Å²) < 4.78 is 0. The van der Waals surface area contributed by atoms with Gasteiger partial charge in [-0.2, -0.15) is 0 Å². The highest BCUT2D eigenvalue weighted by Crippen LogP contribution is 2.15. The number of hydrogen-bond donors (Lipinski definition) is 1. The number of aromatic amines is 1. The Bertz CT molecular complexity index is 512. The lowest BCUT2D eigenvalue weighted by Crippen LogP contribution is -2.27. The second-order valence-corrected chi connectivity index (χ2v) is 3.96. The lowest BCUT2D eigenvalue weighted by molar-refractivity contribution is 0.0782. The van der Waals surface area contributed by atoms with Crippen molar-refractivity contribution in [3.8, 4) is 0 Å². The van der Waals surface area contributed by atoms with Gasteiger partial charge in [0.15, 0.2) is 0 Å². The van der Waals surface area contributed by atoms with Crippen molar-refractivity contribution >= 4 is 17.5 Å². The molecule has 0 aliphatic rings. The Labute approximate surface area is 103 Å². The molecular weight excluding hydrogens is 240 g/mol. The lowest BCUT2D eigenvalue weighted by Gasteiger charge is -2.16. The molecule has 17 heavy (non-hydrogen) atoms. The van der Waals surface area contributed by atoms with E-state index in [-0.39, 0.29) is 5.91 Å². The average molecular weight is 251 g/mol. The zero-order chi connectivity index (χ0) is 12.3. The minimum Gasteiger partial charge on any atom is -0.347 e. The number of imidazole rings is 1. The fourth-order valence-corrected chi connectivity index (χ4v) is 1.64. The molecule has 2 rings (SSSR count). The topological polar surface area (TPSA) is 61.9 Å². The number of amides is 1. The molecule has 0 unspecified atom stereocenters. The highest BCUT2D eigenvalue weighted by Gasteiger charge is 2.15. The van der Waals surface area contributed by atoms with E-state index in [9.17, 15) is 4.79 Å². The second kappa shape index (κ2) is 4.97. The SMILES string of the molecule is CN(Cc1ncc[nH]1)C(=O)c1ccncc1Cl. The molecule has 0 saturated carbocycles. The monoisotopic (exact) mass is 250 g/mol.